The van der Waals surface area contributed by atoms with E-state index in [4.69, 9.17) is 14.7 Å². The summed E-state index contributed by atoms with van der Waals surface area (Å²) in [5.41, 5.74) is 4.59. The molecule has 0 saturated heterocycles. The van der Waals surface area contributed by atoms with E-state index in [0.29, 0.717) is 40.2 Å². The zero-order chi connectivity index (χ0) is 21.8. The van der Waals surface area contributed by atoms with E-state index < -0.39 is 0 Å². The average Bonchev–Trinajstić information content (AvgIpc) is 3.23. The highest BCUT2D eigenvalue weighted by atomic mass is 16.5. The summed E-state index contributed by atoms with van der Waals surface area (Å²) in [6.07, 6.45) is 0. The molecule has 0 aliphatic heterocycles. The van der Waals surface area contributed by atoms with Gasteiger partial charge in [0, 0.05) is 11.9 Å². The highest BCUT2D eigenvalue weighted by molar-refractivity contribution is 6.02. The lowest BCUT2D eigenvalue weighted by Gasteiger charge is -2.16. The molecule has 0 fully saturated rings. The van der Waals surface area contributed by atoms with Crippen molar-refractivity contribution in [3.63, 3.8) is 0 Å². The Morgan fingerprint density at radius 3 is 2.38 bits per heavy atom. The topological polar surface area (TPSA) is 61.4 Å². The highest BCUT2D eigenvalue weighted by Gasteiger charge is 2.22. The number of methoxy groups -OCH3 is 1. The molecule has 0 aliphatic carbocycles. The molecule has 0 unspecified atom stereocenters. The first-order chi connectivity index (χ1) is 15.7. The Labute approximate surface area is 183 Å². The third-order valence-corrected chi connectivity index (χ3v) is 6.02. The van der Waals surface area contributed by atoms with Gasteiger partial charge in [-0.2, -0.15) is 0 Å². The van der Waals surface area contributed by atoms with Gasteiger partial charge in [0.2, 0.25) is 5.43 Å². The van der Waals surface area contributed by atoms with Gasteiger partial charge in [-0.25, -0.2) is 9.97 Å². The van der Waals surface area contributed by atoms with Crippen LogP contribution >= 0.6 is 0 Å². The zero-order valence-electron chi connectivity index (χ0n) is 17.7. The zero-order valence-corrected chi connectivity index (χ0v) is 17.7. The first kappa shape index (κ1) is 18.6. The summed E-state index contributed by atoms with van der Waals surface area (Å²) in [6.45, 7) is 2.74. The molecule has 3 heterocycles. The lowest BCUT2D eigenvalue weighted by atomic mass is 10.1. The molecule has 32 heavy (non-hydrogen) atoms. The SMILES string of the molecule is CCn1c2ccccc2c(=O)c2c1nc(-c1ccccc1OC)n1c3ccccc3nc21. The van der Waals surface area contributed by atoms with Crippen molar-refractivity contribution in [3.8, 4) is 17.1 Å². The predicted molar refractivity (Wildman–Crippen MR) is 127 cm³/mol. The second-order valence-corrected chi connectivity index (χ2v) is 7.68. The summed E-state index contributed by atoms with van der Waals surface area (Å²) >= 11 is 0. The number of nitrogens with zero attached hydrogens (tertiary/aromatic N) is 4. The van der Waals surface area contributed by atoms with Crippen LogP contribution in [0.1, 0.15) is 6.92 Å². The normalized spacial score (nSPS) is 11.7. The van der Waals surface area contributed by atoms with Gasteiger partial charge >= 0.3 is 0 Å². The fourth-order valence-electron chi connectivity index (χ4n) is 4.59. The van der Waals surface area contributed by atoms with E-state index >= 15 is 0 Å². The van der Waals surface area contributed by atoms with Crippen molar-refractivity contribution in [2.24, 2.45) is 0 Å². The van der Waals surface area contributed by atoms with Gasteiger partial charge in [-0.05, 0) is 43.3 Å². The van der Waals surface area contributed by atoms with Crippen LogP contribution in [0.25, 0.3) is 50.0 Å². The lowest BCUT2D eigenvalue weighted by Crippen LogP contribution is -2.15. The smallest absolute Gasteiger partial charge is 0.202 e. The molecule has 6 heteroatoms. The average molecular weight is 420 g/mol. The summed E-state index contributed by atoms with van der Waals surface area (Å²) in [7, 11) is 1.65. The molecule has 0 amide bonds. The number of pyridine rings is 1. The van der Waals surface area contributed by atoms with E-state index in [0.717, 1.165) is 22.1 Å². The molecule has 0 bridgehead atoms. The molecule has 156 valence electrons. The number of para-hydroxylation sites is 4. The van der Waals surface area contributed by atoms with E-state index in [1.54, 1.807) is 7.11 Å². The number of aryl methyl sites for hydroxylation is 1. The maximum absolute atomic E-state index is 13.7. The number of benzene rings is 3. The fourth-order valence-corrected chi connectivity index (χ4v) is 4.59. The van der Waals surface area contributed by atoms with E-state index in [1.807, 2.05) is 77.2 Å². The molecular weight excluding hydrogens is 400 g/mol. The van der Waals surface area contributed by atoms with E-state index in [2.05, 4.69) is 11.5 Å². The monoisotopic (exact) mass is 420 g/mol. The Morgan fingerprint density at radius 2 is 1.56 bits per heavy atom. The Kier molecular flexibility index (Phi) is 4.01. The van der Waals surface area contributed by atoms with E-state index in [-0.39, 0.29) is 5.43 Å². The van der Waals surface area contributed by atoms with Crippen LogP contribution in [0, 0.1) is 0 Å². The van der Waals surface area contributed by atoms with Gasteiger partial charge in [-0.3, -0.25) is 9.20 Å². The fraction of sp³-hybridized carbons (Fsp3) is 0.115. The van der Waals surface area contributed by atoms with Gasteiger partial charge in [0.15, 0.2) is 17.1 Å². The van der Waals surface area contributed by atoms with Crippen molar-refractivity contribution in [2.45, 2.75) is 13.5 Å². The molecule has 0 saturated carbocycles. The summed E-state index contributed by atoms with van der Waals surface area (Å²) in [6, 6.07) is 23.4. The minimum absolute atomic E-state index is 0.0558. The van der Waals surface area contributed by atoms with Crippen molar-refractivity contribution in [1.29, 1.82) is 0 Å². The number of rotatable bonds is 3. The predicted octanol–water partition coefficient (Wildman–Crippen LogP) is 5.05. The van der Waals surface area contributed by atoms with Crippen LogP contribution in [0.15, 0.2) is 77.6 Å². The molecule has 6 rings (SSSR count). The number of hydrogen-bond donors (Lipinski definition) is 0. The van der Waals surface area contributed by atoms with Crippen molar-refractivity contribution >= 4 is 38.6 Å². The Balaban J connectivity index is 1.94. The lowest BCUT2D eigenvalue weighted by molar-refractivity contribution is 0.416. The Bertz CT molecular complexity index is 1730. The van der Waals surface area contributed by atoms with Gasteiger partial charge in [-0.1, -0.05) is 36.4 Å². The first-order valence-corrected chi connectivity index (χ1v) is 10.6. The van der Waals surface area contributed by atoms with Crippen LogP contribution in [0.2, 0.25) is 0 Å². The van der Waals surface area contributed by atoms with Crippen molar-refractivity contribution in [3.05, 3.63) is 83.0 Å². The number of aromatic nitrogens is 4. The van der Waals surface area contributed by atoms with Crippen LogP contribution in [0.4, 0.5) is 0 Å². The Morgan fingerprint density at radius 1 is 0.844 bits per heavy atom. The maximum atomic E-state index is 13.7. The second-order valence-electron chi connectivity index (χ2n) is 7.68. The number of hydrogen-bond acceptors (Lipinski definition) is 4. The quantitative estimate of drug-likeness (QED) is 0.376. The number of fused-ring (bicyclic) bond motifs is 6. The summed E-state index contributed by atoms with van der Waals surface area (Å²) in [5, 5.41) is 1.20. The largest absolute Gasteiger partial charge is 0.496 e. The van der Waals surface area contributed by atoms with E-state index in [9.17, 15) is 4.79 Å². The van der Waals surface area contributed by atoms with Crippen LogP contribution in [-0.2, 0) is 6.54 Å². The second kappa shape index (κ2) is 6.92. The van der Waals surface area contributed by atoms with Crippen molar-refractivity contribution < 1.29 is 4.74 Å². The highest BCUT2D eigenvalue weighted by Crippen LogP contribution is 2.33. The summed E-state index contributed by atoms with van der Waals surface area (Å²) in [4.78, 5) is 23.7. The standard InChI is InChI=1S/C26H20N4O2/c1-3-29-19-13-7-4-10-16(19)23(31)22-25(29)28-24(17-11-5-9-15-21(17)32-2)30-20-14-8-6-12-18(20)27-26(22)30/h4-15H,3H2,1-2H3. The van der Waals surface area contributed by atoms with E-state index in [1.165, 1.54) is 0 Å². The van der Waals surface area contributed by atoms with Crippen LogP contribution in [-0.4, -0.2) is 26.0 Å². The molecule has 0 aliphatic rings. The molecule has 0 spiro atoms. The molecule has 3 aromatic carbocycles. The van der Waals surface area contributed by atoms with Gasteiger partial charge < -0.3 is 9.30 Å². The van der Waals surface area contributed by atoms with Crippen LogP contribution < -0.4 is 10.2 Å². The van der Waals surface area contributed by atoms with Crippen LogP contribution in [0.5, 0.6) is 5.75 Å². The van der Waals surface area contributed by atoms with Crippen molar-refractivity contribution in [2.75, 3.05) is 7.11 Å². The number of ether oxygens (including phenoxy) is 1. The third-order valence-electron chi connectivity index (χ3n) is 6.02. The van der Waals surface area contributed by atoms with Gasteiger partial charge in [0.25, 0.3) is 0 Å². The van der Waals surface area contributed by atoms with Crippen molar-refractivity contribution in [1.82, 2.24) is 18.9 Å². The molecule has 0 atom stereocenters. The van der Waals surface area contributed by atoms with Gasteiger partial charge in [-0.15, -0.1) is 0 Å². The third kappa shape index (κ3) is 2.43. The molecule has 6 nitrogen and oxygen atoms in total. The van der Waals surface area contributed by atoms with Gasteiger partial charge in [0.1, 0.15) is 11.1 Å². The van der Waals surface area contributed by atoms with Crippen LogP contribution in [0.3, 0.4) is 0 Å². The molecule has 6 aromatic rings. The summed E-state index contributed by atoms with van der Waals surface area (Å²) < 4.78 is 9.72. The Hall–Kier alpha value is -4.19. The molecule has 0 N–H and O–H groups in total. The van der Waals surface area contributed by atoms with Gasteiger partial charge in [0.05, 0.1) is 29.2 Å². The minimum Gasteiger partial charge on any atom is -0.496 e. The molecule has 3 aromatic heterocycles. The molecular formula is C26H20N4O2. The summed E-state index contributed by atoms with van der Waals surface area (Å²) in [5.74, 6) is 1.40. The minimum atomic E-state index is -0.0558. The molecule has 0 radical (unpaired) electrons. The maximum Gasteiger partial charge on any atom is 0.202 e. The first-order valence-electron chi connectivity index (χ1n) is 10.6. The number of imidazole rings is 1.